The van der Waals surface area contributed by atoms with Crippen molar-refractivity contribution in [2.24, 2.45) is 0 Å². The highest BCUT2D eigenvalue weighted by Gasteiger charge is 2.30. The molecule has 0 bridgehead atoms. The minimum Gasteiger partial charge on any atom is -0.464 e. The lowest BCUT2D eigenvalue weighted by Crippen LogP contribution is -2.32. The van der Waals surface area contributed by atoms with E-state index in [0.717, 1.165) is 59.6 Å². The van der Waals surface area contributed by atoms with Crippen LogP contribution < -0.4 is 4.90 Å². The second-order valence-electron chi connectivity index (χ2n) is 6.89. The molecule has 132 valence electrons. The molecule has 1 aliphatic carbocycles. The molecule has 1 N–H and O–H groups in total. The van der Waals surface area contributed by atoms with Gasteiger partial charge in [-0.25, -0.2) is 14.8 Å². The smallest absolute Gasteiger partial charge is 0.358 e. The Bertz CT molecular complexity index is 1010. The SMILES string of the molecule is COC(=O)c1n[nH]c2c1CN(c1nc(C3CC3)nc3ccccc13)CC2. The molecule has 1 aromatic carbocycles. The van der Waals surface area contributed by atoms with E-state index >= 15 is 0 Å². The van der Waals surface area contributed by atoms with Crippen LogP contribution in [0.1, 0.15) is 46.3 Å². The Morgan fingerprint density at radius 3 is 2.92 bits per heavy atom. The third kappa shape index (κ3) is 2.42. The summed E-state index contributed by atoms with van der Waals surface area (Å²) in [5.41, 5.74) is 3.25. The van der Waals surface area contributed by atoms with Gasteiger partial charge in [-0.3, -0.25) is 5.10 Å². The Morgan fingerprint density at radius 1 is 1.27 bits per heavy atom. The van der Waals surface area contributed by atoms with Gasteiger partial charge in [-0.1, -0.05) is 12.1 Å². The molecule has 3 aromatic rings. The zero-order valence-corrected chi connectivity index (χ0v) is 14.5. The van der Waals surface area contributed by atoms with Crippen LogP contribution in [0.15, 0.2) is 24.3 Å². The number of carbonyl (C=O) groups is 1. The van der Waals surface area contributed by atoms with Crippen LogP contribution in [-0.4, -0.2) is 39.8 Å². The zero-order valence-electron chi connectivity index (χ0n) is 14.5. The van der Waals surface area contributed by atoms with Crippen molar-refractivity contribution >= 4 is 22.7 Å². The van der Waals surface area contributed by atoms with Crippen LogP contribution in [0, 0.1) is 0 Å². The van der Waals surface area contributed by atoms with Gasteiger partial charge >= 0.3 is 5.97 Å². The summed E-state index contributed by atoms with van der Waals surface area (Å²) >= 11 is 0. The Hall–Kier alpha value is -2.96. The number of esters is 1. The second-order valence-corrected chi connectivity index (χ2v) is 6.89. The molecule has 0 atom stereocenters. The molecular weight excluding hydrogens is 330 g/mol. The van der Waals surface area contributed by atoms with E-state index in [2.05, 4.69) is 21.2 Å². The molecule has 2 aliphatic rings. The number of hydrogen-bond donors (Lipinski definition) is 1. The molecule has 1 saturated carbocycles. The highest BCUT2D eigenvalue weighted by atomic mass is 16.5. The van der Waals surface area contributed by atoms with Gasteiger partial charge in [0.1, 0.15) is 11.6 Å². The first kappa shape index (κ1) is 15.3. The molecule has 2 aromatic heterocycles. The summed E-state index contributed by atoms with van der Waals surface area (Å²) in [6, 6.07) is 8.13. The lowest BCUT2D eigenvalue weighted by Gasteiger charge is -2.29. The summed E-state index contributed by atoms with van der Waals surface area (Å²) in [7, 11) is 1.38. The van der Waals surface area contributed by atoms with Gasteiger partial charge in [0.25, 0.3) is 0 Å². The van der Waals surface area contributed by atoms with Crippen LogP contribution in [0.5, 0.6) is 0 Å². The van der Waals surface area contributed by atoms with E-state index in [1.807, 2.05) is 18.2 Å². The monoisotopic (exact) mass is 349 g/mol. The molecule has 0 unspecified atom stereocenters. The number of rotatable bonds is 3. The summed E-state index contributed by atoms with van der Waals surface area (Å²) in [5, 5.41) is 8.18. The van der Waals surface area contributed by atoms with Gasteiger partial charge in [0.15, 0.2) is 5.69 Å². The first-order chi connectivity index (χ1) is 12.7. The predicted octanol–water partition coefficient (Wildman–Crippen LogP) is 2.58. The topological polar surface area (TPSA) is 84.0 Å². The molecule has 0 radical (unpaired) electrons. The van der Waals surface area contributed by atoms with E-state index in [9.17, 15) is 4.79 Å². The summed E-state index contributed by atoms with van der Waals surface area (Å²) in [6.07, 6.45) is 3.11. The highest BCUT2D eigenvalue weighted by Crippen LogP contribution is 2.40. The normalized spacial score (nSPS) is 16.6. The summed E-state index contributed by atoms with van der Waals surface area (Å²) in [5.74, 6) is 1.96. The number of hydrogen-bond acceptors (Lipinski definition) is 6. The van der Waals surface area contributed by atoms with Crippen LogP contribution in [0.25, 0.3) is 10.9 Å². The van der Waals surface area contributed by atoms with Crippen molar-refractivity contribution < 1.29 is 9.53 Å². The summed E-state index contributed by atoms with van der Waals surface area (Å²) < 4.78 is 4.87. The van der Waals surface area contributed by atoms with Crippen molar-refractivity contribution in [3.63, 3.8) is 0 Å². The number of H-pyrrole nitrogens is 1. The molecule has 1 aliphatic heterocycles. The predicted molar refractivity (Wildman–Crippen MR) is 96.2 cm³/mol. The van der Waals surface area contributed by atoms with E-state index in [1.165, 1.54) is 7.11 Å². The van der Waals surface area contributed by atoms with E-state index in [4.69, 9.17) is 14.7 Å². The van der Waals surface area contributed by atoms with Crippen molar-refractivity contribution in [2.75, 3.05) is 18.6 Å². The fourth-order valence-electron chi connectivity index (χ4n) is 3.58. The Kier molecular flexibility index (Phi) is 3.41. The van der Waals surface area contributed by atoms with Crippen LogP contribution in [0.4, 0.5) is 5.82 Å². The van der Waals surface area contributed by atoms with E-state index in [0.29, 0.717) is 18.2 Å². The first-order valence-electron chi connectivity index (χ1n) is 8.90. The summed E-state index contributed by atoms with van der Waals surface area (Å²) in [6.45, 7) is 1.41. The average molecular weight is 349 g/mol. The van der Waals surface area contributed by atoms with Gasteiger partial charge in [0.05, 0.1) is 12.6 Å². The summed E-state index contributed by atoms with van der Waals surface area (Å²) in [4.78, 5) is 23.9. The Balaban J connectivity index is 1.59. The lowest BCUT2D eigenvalue weighted by atomic mass is 10.0. The van der Waals surface area contributed by atoms with Crippen LogP contribution in [0.2, 0.25) is 0 Å². The standard InChI is InChI=1S/C19H19N5O2/c1-26-19(25)16-13-10-24(9-8-15(13)22-23-16)18-12-4-2-3-5-14(12)20-17(21-18)11-6-7-11/h2-5,11H,6-10H2,1H3,(H,22,23). The number of anilines is 1. The number of benzene rings is 1. The molecule has 7 heteroatoms. The first-order valence-corrected chi connectivity index (χ1v) is 8.90. The van der Waals surface area contributed by atoms with Gasteiger partial charge in [-0.05, 0) is 25.0 Å². The molecule has 5 rings (SSSR count). The van der Waals surface area contributed by atoms with E-state index in [-0.39, 0.29) is 0 Å². The highest BCUT2D eigenvalue weighted by molar-refractivity contribution is 5.91. The van der Waals surface area contributed by atoms with E-state index in [1.54, 1.807) is 0 Å². The third-order valence-corrected chi connectivity index (χ3v) is 5.15. The minimum absolute atomic E-state index is 0.368. The van der Waals surface area contributed by atoms with Gasteiger partial charge < -0.3 is 9.64 Å². The number of ether oxygens (including phenoxy) is 1. The number of fused-ring (bicyclic) bond motifs is 2. The van der Waals surface area contributed by atoms with Gasteiger partial charge in [-0.2, -0.15) is 5.10 Å². The van der Waals surface area contributed by atoms with Gasteiger partial charge in [-0.15, -0.1) is 0 Å². The zero-order chi connectivity index (χ0) is 17.7. The molecule has 0 amide bonds. The third-order valence-electron chi connectivity index (χ3n) is 5.15. The molecule has 1 fully saturated rings. The number of carbonyl (C=O) groups excluding carboxylic acids is 1. The van der Waals surface area contributed by atoms with Gasteiger partial charge in [0.2, 0.25) is 0 Å². The van der Waals surface area contributed by atoms with E-state index < -0.39 is 5.97 Å². The minimum atomic E-state index is -0.407. The second kappa shape index (κ2) is 5.79. The quantitative estimate of drug-likeness (QED) is 0.732. The number of methoxy groups -OCH3 is 1. The Labute approximate surface area is 150 Å². The fourth-order valence-corrected chi connectivity index (χ4v) is 3.58. The van der Waals surface area contributed by atoms with Crippen molar-refractivity contribution in [1.29, 1.82) is 0 Å². The van der Waals surface area contributed by atoms with Crippen LogP contribution in [-0.2, 0) is 17.7 Å². The molecular formula is C19H19N5O2. The Morgan fingerprint density at radius 2 is 2.12 bits per heavy atom. The van der Waals surface area contributed by atoms with Gasteiger partial charge in [0, 0.05) is 42.1 Å². The fraction of sp³-hybridized carbons (Fsp3) is 0.368. The number of aromatic amines is 1. The van der Waals surface area contributed by atoms with Crippen molar-refractivity contribution in [3.8, 4) is 0 Å². The maximum atomic E-state index is 12.0. The maximum absolute atomic E-state index is 12.0. The average Bonchev–Trinajstić information content (AvgIpc) is 3.45. The molecule has 0 saturated heterocycles. The maximum Gasteiger partial charge on any atom is 0.358 e. The molecule has 7 nitrogen and oxygen atoms in total. The lowest BCUT2D eigenvalue weighted by molar-refractivity contribution is 0.0592. The number of aromatic nitrogens is 4. The molecule has 0 spiro atoms. The van der Waals surface area contributed by atoms with Crippen molar-refractivity contribution in [3.05, 3.63) is 47.0 Å². The van der Waals surface area contributed by atoms with Crippen molar-refractivity contribution in [2.45, 2.75) is 31.7 Å². The van der Waals surface area contributed by atoms with Crippen LogP contribution in [0.3, 0.4) is 0 Å². The van der Waals surface area contributed by atoms with Crippen LogP contribution >= 0.6 is 0 Å². The van der Waals surface area contributed by atoms with Crippen molar-refractivity contribution in [1.82, 2.24) is 20.2 Å². The molecule has 3 heterocycles. The number of para-hydroxylation sites is 1. The molecule has 26 heavy (non-hydrogen) atoms. The number of nitrogens with one attached hydrogen (secondary N) is 1. The number of nitrogens with zero attached hydrogens (tertiary/aromatic N) is 4. The largest absolute Gasteiger partial charge is 0.464 e.